The average molecular weight is 395 g/mol. The minimum atomic E-state index is -3.65. The van der Waals surface area contributed by atoms with Gasteiger partial charge in [0.1, 0.15) is 0 Å². The molecule has 148 valence electrons. The van der Waals surface area contributed by atoms with Crippen LogP contribution in [0.15, 0.2) is 23.1 Å². The maximum absolute atomic E-state index is 12.9. The van der Waals surface area contributed by atoms with Crippen molar-refractivity contribution in [2.75, 3.05) is 44.2 Å². The normalized spacial score (nSPS) is 18.8. The van der Waals surface area contributed by atoms with Crippen molar-refractivity contribution in [3.63, 3.8) is 0 Å². The summed E-state index contributed by atoms with van der Waals surface area (Å²) in [4.78, 5) is 27.1. The maximum atomic E-state index is 12.9. The van der Waals surface area contributed by atoms with Crippen LogP contribution in [0.25, 0.3) is 0 Å². The molecule has 2 saturated heterocycles. The second-order valence-corrected chi connectivity index (χ2v) is 8.63. The highest BCUT2D eigenvalue weighted by atomic mass is 32.2. The van der Waals surface area contributed by atoms with Gasteiger partial charge >= 0.3 is 6.09 Å². The molecule has 1 aromatic carbocycles. The van der Waals surface area contributed by atoms with Crippen LogP contribution in [0.1, 0.15) is 25.3 Å². The number of piperazine rings is 1. The summed E-state index contributed by atoms with van der Waals surface area (Å²) < 4.78 is 32.2. The van der Waals surface area contributed by atoms with Gasteiger partial charge in [0.05, 0.1) is 11.5 Å². The number of nitrogens with zero attached hydrogens (tertiary/aromatic N) is 3. The second-order valence-electron chi connectivity index (χ2n) is 6.69. The molecule has 0 saturated carbocycles. The van der Waals surface area contributed by atoms with Crippen LogP contribution in [-0.4, -0.2) is 69.0 Å². The molecule has 0 N–H and O–H groups in total. The predicted octanol–water partition coefficient (Wildman–Crippen LogP) is 1.58. The Balaban J connectivity index is 1.73. The summed E-state index contributed by atoms with van der Waals surface area (Å²) in [6.45, 7) is 5.58. The maximum Gasteiger partial charge on any atom is 0.409 e. The lowest BCUT2D eigenvalue weighted by molar-refractivity contribution is -0.117. The van der Waals surface area contributed by atoms with Crippen LogP contribution in [0, 0.1) is 6.92 Å². The summed E-state index contributed by atoms with van der Waals surface area (Å²) in [5.74, 6) is 0.0730. The van der Waals surface area contributed by atoms with Gasteiger partial charge < -0.3 is 14.5 Å². The Hall–Kier alpha value is -2.13. The fraction of sp³-hybridized carbons (Fsp3) is 0.556. The van der Waals surface area contributed by atoms with Crippen LogP contribution in [0.5, 0.6) is 0 Å². The highest BCUT2D eigenvalue weighted by Crippen LogP contribution is 2.28. The standard InChI is InChI=1S/C18H25N3O5S/c1-3-26-18(23)19-9-11-20(12-10-19)27(24,25)15-6-7-16(14(2)13-15)21-8-4-5-17(21)22/h6-7,13H,3-5,8-12H2,1-2H3. The number of amides is 2. The van der Waals surface area contributed by atoms with E-state index in [1.54, 1.807) is 30.0 Å². The molecule has 0 bridgehead atoms. The number of hydrogen-bond acceptors (Lipinski definition) is 5. The SMILES string of the molecule is CCOC(=O)N1CCN(S(=O)(=O)c2ccc(N3CCCC3=O)c(C)c2)CC1. The predicted molar refractivity (Wildman–Crippen MR) is 100 cm³/mol. The van der Waals surface area contributed by atoms with Crippen LogP contribution < -0.4 is 4.90 Å². The van der Waals surface area contributed by atoms with E-state index in [1.807, 2.05) is 6.92 Å². The van der Waals surface area contributed by atoms with Crippen molar-refractivity contribution < 1.29 is 22.7 Å². The van der Waals surface area contributed by atoms with Gasteiger partial charge in [0.25, 0.3) is 0 Å². The molecule has 2 aliphatic rings. The number of ether oxygens (including phenoxy) is 1. The highest BCUT2D eigenvalue weighted by molar-refractivity contribution is 7.89. The summed E-state index contributed by atoms with van der Waals surface area (Å²) >= 11 is 0. The molecule has 9 heteroatoms. The molecule has 0 atom stereocenters. The zero-order chi connectivity index (χ0) is 19.6. The monoisotopic (exact) mass is 395 g/mol. The molecule has 2 aliphatic heterocycles. The zero-order valence-corrected chi connectivity index (χ0v) is 16.5. The third-order valence-electron chi connectivity index (χ3n) is 4.93. The minimum absolute atomic E-state index is 0.0730. The van der Waals surface area contributed by atoms with E-state index < -0.39 is 16.1 Å². The lowest BCUT2D eigenvalue weighted by Gasteiger charge is -2.33. The lowest BCUT2D eigenvalue weighted by Crippen LogP contribution is -2.50. The first-order valence-corrected chi connectivity index (χ1v) is 10.6. The first kappa shape index (κ1) is 19.6. The zero-order valence-electron chi connectivity index (χ0n) is 15.7. The first-order valence-electron chi connectivity index (χ1n) is 9.17. The van der Waals surface area contributed by atoms with E-state index in [1.165, 1.54) is 9.21 Å². The average Bonchev–Trinajstić information content (AvgIpc) is 3.07. The van der Waals surface area contributed by atoms with Crippen LogP contribution in [-0.2, 0) is 19.6 Å². The van der Waals surface area contributed by atoms with E-state index >= 15 is 0 Å². The van der Waals surface area contributed by atoms with Gasteiger partial charge in [-0.1, -0.05) is 0 Å². The molecule has 0 aromatic heterocycles. The van der Waals surface area contributed by atoms with Gasteiger partial charge in [0, 0.05) is 44.8 Å². The number of hydrogen-bond donors (Lipinski definition) is 0. The fourth-order valence-corrected chi connectivity index (χ4v) is 4.98. The van der Waals surface area contributed by atoms with Crippen LogP contribution in [0.2, 0.25) is 0 Å². The van der Waals surface area contributed by atoms with E-state index in [0.717, 1.165) is 17.7 Å². The summed E-state index contributed by atoms with van der Waals surface area (Å²) in [6, 6.07) is 4.88. The molecular weight excluding hydrogens is 370 g/mol. The smallest absolute Gasteiger partial charge is 0.409 e. The molecule has 0 aliphatic carbocycles. The summed E-state index contributed by atoms with van der Waals surface area (Å²) in [5.41, 5.74) is 1.53. The molecular formula is C18H25N3O5S. The van der Waals surface area contributed by atoms with Crippen molar-refractivity contribution in [1.29, 1.82) is 0 Å². The van der Waals surface area contributed by atoms with Crippen molar-refractivity contribution in [1.82, 2.24) is 9.21 Å². The number of aryl methyl sites for hydroxylation is 1. The number of benzene rings is 1. The van der Waals surface area contributed by atoms with E-state index in [-0.39, 0.29) is 23.9 Å². The molecule has 0 radical (unpaired) electrons. The molecule has 2 amide bonds. The third-order valence-corrected chi connectivity index (χ3v) is 6.83. The van der Waals surface area contributed by atoms with Crippen molar-refractivity contribution in [2.45, 2.75) is 31.6 Å². The van der Waals surface area contributed by atoms with E-state index in [4.69, 9.17) is 4.74 Å². The summed E-state index contributed by atoms with van der Waals surface area (Å²) in [5, 5.41) is 0. The molecule has 27 heavy (non-hydrogen) atoms. The van der Waals surface area contributed by atoms with Gasteiger partial charge in [-0.05, 0) is 44.0 Å². The summed E-state index contributed by atoms with van der Waals surface area (Å²) in [6.07, 6.45) is 0.942. The molecule has 8 nitrogen and oxygen atoms in total. The molecule has 0 unspecified atom stereocenters. The Morgan fingerprint density at radius 3 is 2.41 bits per heavy atom. The van der Waals surface area contributed by atoms with Crippen LogP contribution in [0.3, 0.4) is 0 Å². The van der Waals surface area contributed by atoms with E-state index in [0.29, 0.717) is 32.7 Å². The Bertz CT molecular complexity index is 831. The lowest BCUT2D eigenvalue weighted by atomic mass is 10.2. The van der Waals surface area contributed by atoms with Crippen LogP contribution in [0.4, 0.5) is 10.5 Å². The van der Waals surface area contributed by atoms with Gasteiger partial charge in [0.2, 0.25) is 15.9 Å². The number of anilines is 1. The Kier molecular flexibility index (Phi) is 5.71. The number of rotatable bonds is 4. The molecule has 1 aromatic rings. The third kappa shape index (κ3) is 3.93. The largest absolute Gasteiger partial charge is 0.450 e. The number of carbonyl (C=O) groups excluding carboxylic acids is 2. The fourth-order valence-electron chi connectivity index (χ4n) is 3.47. The quantitative estimate of drug-likeness (QED) is 0.773. The van der Waals surface area contributed by atoms with Crippen molar-refractivity contribution >= 4 is 27.7 Å². The molecule has 2 heterocycles. The summed E-state index contributed by atoms with van der Waals surface area (Å²) in [7, 11) is -3.65. The van der Waals surface area contributed by atoms with Crippen molar-refractivity contribution in [3.05, 3.63) is 23.8 Å². The molecule has 0 spiro atoms. The van der Waals surface area contributed by atoms with Gasteiger partial charge in [-0.15, -0.1) is 0 Å². The highest BCUT2D eigenvalue weighted by Gasteiger charge is 2.31. The molecule has 3 rings (SSSR count). The van der Waals surface area contributed by atoms with Crippen molar-refractivity contribution in [3.8, 4) is 0 Å². The topological polar surface area (TPSA) is 87.2 Å². The second kappa shape index (κ2) is 7.85. The van der Waals surface area contributed by atoms with Crippen LogP contribution >= 0.6 is 0 Å². The minimum Gasteiger partial charge on any atom is -0.450 e. The van der Waals surface area contributed by atoms with Crippen molar-refractivity contribution in [2.24, 2.45) is 0 Å². The van der Waals surface area contributed by atoms with E-state index in [9.17, 15) is 18.0 Å². The van der Waals surface area contributed by atoms with Gasteiger partial charge in [-0.2, -0.15) is 4.31 Å². The first-order chi connectivity index (χ1) is 12.8. The Morgan fingerprint density at radius 2 is 1.85 bits per heavy atom. The Labute approximate surface area is 159 Å². The van der Waals surface area contributed by atoms with Gasteiger partial charge in [0.15, 0.2) is 0 Å². The van der Waals surface area contributed by atoms with Gasteiger partial charge in [-0.25, -0.2) is 13.2 Å². The van der Waals surface area contributed by atoms with E-state index in [2.05, 4.69) is 0 Å². The van der Waals surface area contributed by atoms with Gasteiger partial charge in [-0.3, -0.25) is 4.79 Å². The number of carbonyl (C=O) groups is 2. The Morgan fingerprint density at radius 1 is 1.15 bits per heavy atom. The molecule has 2 fully saturated rings. The number of sulfonamides is 1.